The molecular formula is C21H23FN4O4. The van der Waals surface area contributed by atoms with E-state index in [1.165, 1.54) is 17.1 Å². The molecule has 0 unspecified atom stereocenters. The number of benzene rings is 1. The Labute approximate surface area is 173 Å². The Morgan fingerprint density at radius 3 is 2.60 bits per heavy atom. The molecule has 0 atom stereocenters. The molecule has 3 rings (SSSR count). The largest absolute Gasteiger partial charge is 0.475 e. The monoisotopic (exact) mass is 414 g/mol. The van der Waals surface area contributed by atoms with Crippen LogP contribution in [0.4, 0.5) is 4.39 Å². The van der Waals surface area contributed by atoms with E-state index in [-0.39, 0.29) is 49.3 Å². The number of rotatable bonds is 9. The van der Waals surface area contributed by atoms with Crippen molar-refractivity contribution in [1.29, 1.82) is 0 Å². The van der Waals surface area contributed by atoms with Gasteiger partial charge in [-0.15, -0.1) is 0 Å². The molecule has 0 saturated heterocycles. The van der Waals surface area contributed by atoms with Crippen LogP contribution >= 0.6 is 0 Å². The van der Waals surface area contributed by atoms with Gasteiger partial charge < -0.3 is 14.8 Å². The highest BCUT2D eigenvalue weighted by Gasteiger charge is 2.24. The van der Waals surface area contributed by atoms with Gasteiger partial charge in [0.15, 0.2) is 0 Å². The molecule has 0 radical (unpaired) electrons. The first-order valence-corrected chi connectivity index (χ1v) is 9.52. The number of carbonyl (C=O) groups excluding carboxylic acids is 2. The van der Waals surface area contributed by atoms with Crippen LogP contribution in [0.3, 0.4) is 0 Å². The summed E-state index contributed by atoms with van der Waals surface area (Å²) >= 11 is 0. The maximum absolute atomic E-state index is 13.0. The minimum Gasteiger partial charge on any atom is -0.475 e. The number of nitrogens with zero attached hydrogens (tertiary/aromatic N) is 3. The maximum Gasteiger partial charge on any atom is 0.267 e. The molecule has 9 heteroatoms. The number of carbonyl (C=O) groups is 2. The van der Waals surface area contributed by atoms with Gasteiger partial charge in [-0.3, -0.25) is 9.59 Å². The molecule has 0 fully saturated rings. The van der Waals surface area contributed by atoms with Crippen molar-refractivity contribution >= 4 is 17.5 Å². The molecule has 0 bridgehead atoms. The van der Waals surface area contributed by atoms with E-state index in [1.54, 1.807) is 31.5 Å². The third-order valence-corrected chi connectivity index (χ3v) is 4.40. The normalized spacial score (nSPS) is 13.7. The summed E-state index contributed by atoms with van der Waals surface area (Å²) in [7, 11) is 1.59. The Balaban J connectivity index is 1.55. The van der Waals surface area contributed by atoms with E-state index in [0.29, 0.717) is 19.1 Å². The highest BCUT2D eigenvalue weighted by Crippen LogP contribution is 2.14. The minimum absolute atomic E-state index is 0.177. The molecule has 2 heterocycles. The first-order valence-electron chi connectivity index (χ1n) is 9.52. The molecular weight excluding hydrogens is 391 g/mol. The van der Waals surface area contributed by atoms with E-state index in [4.69, 9.17) is 9.47 Å². The standard InChI is InChI=1S/C21H23FN4O4/c1-29-10-11-30-19-8-4-16(12-23-19)13-24-21(28)18-7-9-20(27)26(25-18)14-15-2-5-17(22)6-3-15/h2-6,8,12H,7,9-11,13-14H2,1H3,(H,24,28). The maximum atomic E-state index is 13.0. The highest BCUT2D eigenvalue weighted by atomic mass is 19.1. The van der Waals surface area contributed by atoms with Gasteiger partial charge in [0.25, 0.3) is 5.91 Å². The Kier molecular flexibility index (Phi) is 7.45. The van der Waals surface area contributed by atoms with E-state index in [2.05, 4.69) is 15.4 Å². The molecule has 1 aromatic heterocycles. The number of hydrazone groups is 1. The molecule has 8 nitrogen and oxygen atoms in total. The Hall–Kier alpha value is -3.33. The first-order chi connectivity index (χ1) is 14.5. The third-order valence-electron chi connectivity index (χ3n) is 4.40. The molecule has 1 aliphatic heterocycles. The number of ether oxygens (including phenoxy) is 2. The van der Waals surface area contributed by atoms with Gasteiger partial charge in [-0.2, -0.15) is 5.10 Å². The second-order valence-corrected chi connectivity index (χ2v) is 6.65. The summed E-state index contributed by atoms with van der Waals surface area (Å²) in [6.07, 6.45) is 2.09. The lowest BCUT2D eigenvalue weighted by Gasteiger charge is -2.23. The van der Waals surface area contributed by atoms with Crippen LogP contribution in [0.1, 0.15) is 24.0 Å². The van der Waals surface area contributed by atoms with Crippen LogP contribution in [0.15, 0.2) is 47.7 Å². The average Bonchev–Trinajstić information content (AvgIpc) is 2.76. The number of hydrogen-bond donors (Lipinski definition) is 1. The van der Waals surface area contributed by atoms with Crippen molar-refractivity contribution in [2.75, 3.05) is 20.3 Å². The zero-order valence-electron chi connectivity index (χ0n) is 16.6. The molecule has 2 amide bonds. The number of methoxy groups -OCH3 is 1. The van der Waals surface area contributed by atoms with E-state index >= 15 is 0 Å². The second-order valence-electron chi connectivity index (χ2n) is 6.65. The van der Waals surface area contributed by atoms with Crippen LogP contribution in [-0.4, -0.2) is 47.8 Å². The first kappa shape index (κ1) is 21.4. The number of nitrogens with one attached hydrogen (secondary N) is 1. The van der Waals surface area contributed by atoms with E-state index in [9.17, 15) is 14.0 Å². The van der Waals surface area contributed by atoms with Crippen molar-refractivity contribution in [3.63, 3.8) is 0 Å². The zero-order chi connectivity index (χ0) is 21.3. The lowest BCUT2D eigenvalue weighted by molar-refractivity contribution is -0.132. The quantitative estimate of drug-likeness (QED) is 0.634. The molecule has 1 N–H and O–H groups in total. The summed E-state index contributed by atoms with van der Waals surface area (Å²) in [5.41, 5.74) is 1.82. The topological polar surface area (TPSA) is 93.1 Å². The molecule has 30 heavy (non-hydrogen) atoms. The van der Waals surface area contributed by atoms with Gasteiger partial charge in [0, 0.05) is 38.8 Å². The van der Waals surface area contributed by atoms with Gasteiger partial charge in [-0.25, -0.2) is 14.4 Å². The second kappa shape index (κ2) is 10.4. The van der Waals surface area contributed by atoms with Crippen molar-refractivity contribution in [3.05, 3.63) is 59.5 Å². The minimum atomic E-state index is -0.351. The van der Waals surface area contributed by atoms with Crippen LogP contribution in [0.2, 0.25) is 0 Å². The van der Waals surface area contributed by atoms with E-state index in [1.807, 2.05) is 6.07 Å². The van der Waals surface area contributed by atoms with Crippen LogP contribution < -0.4 is 10.1 Å². The third kappa shape index (κ3) is 6.08. The van der Waals surface area contributed by atoms with Crippen LogP contribution in [0, 0.1) is 5.82 Å². The fraction of sp³-hybridized carbons (Fsp3) is 0.333. The lowest BCUT2D eigenvalue weighted by atomic mass is 10.1. The molecule has 1 aromatic carbocycles. The molecule has 1 aliphatic rings. The van der Waals surface area contributed by atoms with Crippen molar-refractivity contribution < 1.29 is 23.5 Å². The van der Waals surface area contributed by atoms with E-state index in [0.717, 1.165) is 11.1 Å². The number of aromatic nitrogens is 1. The van der Waals surface area contributed by atoms with Crippen molar-refractivity contribution in [1.82, 2.24) is 15.3 Å². The molecule has 2 aromatic rings. The van der Waals surface area contributed by atoms with Gasteiger partial charge in [-0.1, -0.05) is 18.2 Å². The van der Waals surface area contributed by atoms with E-state index < -0.39 is 0 Å². The number of amides is 2. The molecule has 158 valence electrons. The van der Waals surface area contributed by atoms with Gasteiger partial charge in [0.2, 0.25) is 11.8 Å². The van der Waals surface area contributed by atoms with Crippen molar-refractivity contribution in [3.8, 4) is 5.88 Å². The zero-order valence-corrected chi connectivity index (χ0v) is 16.6. The predicted octanol–water partition coefficient (Wildman–Crippen LogP) is 2.04. The van der Waals surface area contributed by atoms with Crippen LogP contribution in [0.25, 0.3) is 0 Å². The predicted molar refractivity (Wildman–Crippen MR) is 107 cm³/mol. The lowest BCUT2D eigenvalue weighted by Crippen LogP contribution is -2.38. The molecule has 0 saturated carbocycles. The summed E-state index contributed by atoms with van der Waals surface area (Å²) in [5.74, 6) is -0.388. The Bertz CT molecular complexity index is 900. The SMILES string of the molecule is COCCOc1ccc(CNC(=O)C2=NN(Cc3ccc(F)cc3)C(=O)CC2)cn1. The Morgan fingerprint density at radius 1 is 1.13 bits per heavy atom. The highest BCUT2D eigenvalue weighted by molar-refractivity contribution is 6.39. The van der Waals surface area contributed by atoms with Gasteiger partial charge in [-0.05, 0) is 23.3 Å². The summed E-state index contributed by atoms with van der Waals surface area (Å²) in [6.45, 7) is 1.34. The van der Waals surface area contributed by atoms with Crippen LogP contribution in [-0.2, 0) is 27.4 Å². The smallest absolute Gasteiger partial charge is 0.267 e. The fourth-order valence-electron chi connectivity index (χ4n) is 2.77. The summed E-state index contributed by atoms with van der Waals surface area (Å²) in [4.78, 5) is 28.8. The summed E-state index contributed by atoms with van der Waals surface area (Å²) < 4.78 is 23.4. The summed E-state index contributed by atoms with van der Waals surface area (Å²) in [6, 6.07) is 9.34. The van der Waals surface area contributed by atoms with Crippen molar-refractivity contribution in [2.24, 2.45) is 5.10 Å². The van der Waals surface area contributed by atoms with Gasteiger partial charge in [0.05, 0.1) is 13.2 Å². The van der Waals surface area contributed by atoms with Gasteiger partial charge in [0.1, 0.15) is 18.1 Å². The van der Waals surface area contributed by atoms with Crippen molar-refractivity contribution in [2.45, 2.75) is 25.9 Å². The fourth-order valence-corrected chi connectivity index (χ4v) is 2.77. The molecule has 0 spiro atoms. The number of halogens is 1. The number of pyridine rings is 1. The van der Waals surface area contributed by atoms with Gasteiger partial charge >= 0.3 is 0 Å². The average molecular weight is 414 g/mol. The Morgan fingerprint density at radius 2 is 1.90 bits per heavy atom. The summed E-state index contributed by atoms with van der Waals surface area (Å²) in [5, 5.41) is 8.23. The number of hydrogen-bond acceptors (Lipinski definition) is 6. The molecule has 0 aliphatic carbocycles. The van der Waals surface area contributed by atoms with Crippen LogP contribution in [0.5, 0.6) is 5.88 Å².